The molecule has 4 aromatic rings. The number of halogens is 4. The lowest BCUT2D eigenvalue weighted by Gasteiger charge is -2.04. The summed E-state index contributed by atoms with van der Waals surface area (Å²) in [7, 11) is 0. The number of furan rings is 1. The van der Waals surface area contributed by atoms with Gasteiger partial charge in [-0.2, -0.15) is 5.10 Å². The highest BCUT2D eigenvalue weighted by Crippen LogP contribution is 2.28. The van der Waals surface area contributed by atoms with Crippen LogP contribution in [0.1, 0.15) is 46.1 Å². The summed E-state index contributed by atoms with van der Waals surface area (Å²) < 4.78 is 58.8. The molecule has 1 amide bonds. The number of nitrogens with zero attached hydrogens (tertiary/aromatic N) is 3. The van der Waals surface area contributed by atoms with Gasteiger partial charge < -0.3 is 4.42 Å². The lowest BCUT2D eigenvalue weighted by molar-refractivity contribution is 0.0994. The van der Waals surface area contributed by atoms with Crippen LogP contribution in [0.5, 0.6) is 0 Å². The minimum atomic E-state index is -2.98. The van der Waals surface area contributed by atoms with Crippen LogP contribution in [-0.2, 0) is 6.54 Å². The van der Waals surface area contributed by atoms with Crippen molar-refractivity contribution in [3.63, 3.8) is 0 Å². The number of hydrogen-bond donors (Lipinski definition) is 1. The highest BCUT2D eigenvalue weighted by Gasteiger charge is 2.22. The Balaban J connectivity index is 1.50. The highest BCUT2D eigenvalue weighted by atomic mass is 32.1. The van der Waals surface area contributed by atoms with E-state index in [4.69, 9.17) is 4.42 Å². The number of hydrogen-bond acceptors (Lipinski definition) is 5. The topological polar surface area (TPSA) is 73.0 Å². The third kappa shape index (κ3) is 4.06. The van der Waals surface area contributed by atoms with Crippen LogP contribution in [0.25, 0.3) is 10.2 Å². The van der Waals surface area contributed by atoms with Gasteiger partial charge in [0.05, 0.1) is 16.8 Å². The van der Waals surface area contributed by atoms with Crippen molar-refractivity contribution < 1.29 is 26.8 Å². The fraction of sp³-hybridized carbons (Fsp3) is 0.211. The van der Waals surface area contributed by atoms with Gasteiger partial charge in [-0.1, -0.05) is 17.4 Å². The van der Waals surface area contributed by atoms with Crippen molar-refractivity contribution in [3.05, 3.63) is 64.9 Å². The second-order valence-corrected chi connectivity index (χ2v) is 7.49. The second-order valence-electron chi connectivity index (χ2n) is 6.46. The van der Waals surface area contributed by atoms with E-state index in [0.29, 0.717) is 11.2 Å². The second kappa shape index (κ2) is 7.90. The average molecular weight is 438 g/mol. The lowest BCUT2D eigenvalue weighted by atomic mass is 10.2. The third-order valence-corrected chi connectivity index (χ3v) is 5.17. The van der Waals surface area contributed by atoms with E-state index >= 15 is 0 Å². The molecule has 3 heterocycles. The van der Waals surface area contributed by atoms with Crippen molar-refractivity contribution in [2.24, 2.45) is 0 Å². The first-order valence-electron chi connectivity index (χ1n) is 8.71. The molecule has 4 rings (SSSR count). The number of rotatable bonds is 6. The zero-order valence-corrected chi connectivity index (χ0v) is 16.2. The number of alkyl halides is 4. The fourth-order valence-corrected chi connectivity index (χ4v) is 3.80. The summed E-state index contributed by atoms with van der Waals surface area (Å²) >= 11 is 1.30. The van der Waals surface area contributed by atoms with Gasteiger partial charge in [0.15, 0.2) is 10.9 Å². The molecule has 3 aromatic heterocycles. The van der Waals surface area contributed by atoms with Crippen LogP contribution in [0.3, 0.4) is 0 Å². The van der Waals surface area contributed by atoms with Crippen molar-refractivity contribution in [2.45, 2.75) is 26.3 Å². The van der Waals surface area contributed by atoms with Gasteiger partial charge in [-0.3, -0.25) is 14.8 Å². The Labute approximate surface area is 171 Å². The summed E-state index contributed by atoms with van der Waals surface area (Å²) in [6, 6.07) is 9.12. The van der Waals surface area contributed by atoms with E-state index in [1.54, 1.807) is 0 Å². The molecular formula is C19H14F4N4O2S. The van der Waals surface area contributed by atoms with Crippen LogP contribution < -0.4 is 5.32 Å². The van der Waals surface area contributed by atoms with Crippen molar-refractivity contribution in [1.82, 2.24) is 14.8 Å². The zero-order chi connectivity index (χ0) is 21.4. The number of nitrogens with one attached hydrogen (secondary N) is 1. The van der Waals surface area contributed by atoms with Gasteiger partial charge in [0.2, 0.25) is 0 Å². The summed E-state index contributed by atoms with van der Waals surface area (Å²) in [4.78, 5) is 16.7. The Hall–Kier alpha value is -3.21. The van der Waals surface area contributed by atoms with Gasteiger partial charge in [0.1, 0.15) is 17.1 Å². The van der Waals surface area contributed by atoms with Gasteiger partial charge in [-0.25, -0.2) is 22.5 Å². The van der Waals surface area contributed by atoms with Crippen LogP contribution in [0.15, 0.2) is 40.8 Å². The van der Waals surface area contributed by atoms with E-state index in [1.165, 1.54) is 23.5 Å². The largest absolute Gasteiger partial charge is 0.454 e. The highest BCUT2D eigenvalue weighted by molar-refractivity contribution is 7.22. The first-order valence-corrected chi connectivity index (χ1v) is 9.53. The molecule has 0 unspecified atom stereocenters. The summed E-state index contributed by atoms with van der Waals surface area (Å²) in [5, 5.41) is 6.50. The lowest BCUT2D eigenvalue weighted by Crippen LogP contribution is -2.10. The van der Waals surface area contributed by atoms with Crippen molar-refractivity contribution in [3.8, 4) is 0 Å². The molecule has 30 heavy (non-hydrogen) atoms. The molecule has 0 fully saturated rings. The predicted molar refractivity (Wildman–Crippen MR) is 102 cm³/mol. The number of amides is 1. The van der Waals surface area contributed by atoms with Gasteiger partial charge in [0.25, 0.3) is 18.8 Å². The molecule has 0 radical (unpaired) electrons. The molecule has 156 valence electrons. The fourth-order valence-electron chi connectivity index (χ4n) is 2.84. The molecule has 1 N–H and O–H groups in total. The molecular weight excluding hydrogens is 424 g/mol. The van der Waals surface area contributed by atoms with Crippen molar-refractivity contribution in [2.75, 3.05) is 5.32 Å². The maximum atomic E-state index is 13.1. The van der Waals surface area contributed by atoms with Gasteiger partial charge >= 0.3 is 0 Å². The molecule has 0 saturated heterocycles. The minimum absolute atomic E-state index is 0.0692. The maximum Gasteiger partial charge on any atom is 0.293 e. The molecule has 1 aromatic carbocycles. The van der Waals surface area contributed by atoms with E-state index in [9.17, 15) is 22.4 Å². The SMILES string of the molecule is Cc1ccc2nc(NC(=O)c3ccc(Cn4nc(C(F)F)cc4C(F)F)o3)sc2c1. The molecule has 11 heteroatoms. The van der Waals surface area contributed by atoms with Crippen molar-refractivity contribution in [1.29, 1.82) is 0 Å². The quantitative estimate of drug-likeness (QED) is 0.400. The van der Waals surface area contributed by atoms with Gasteiger partial charge in [-0.15, -0.1) is 0 Å². The Morgan fingerprint density at radius 1 is 1.17 bits per heavy atom. The summed E-state index contributed by atoms with van der Waals surface area (Å²) in [5.41, 5.74) is 0.406. The molecule has 0 saturated carbocycles. The minimum Gasteiger partial charge on any atom is -0.454 e. The Kier molecular flexibility index (Phi) is 5.29. The Bertz CT molecular complexity index is 1210. The smallest absolute Gasteiger partial charge is 0.293 e. The summed E-state index contributed by atoms with van der Waals surface area (Å²) in [6.07, 6.45) is -5.95. The first kappa shape index (κ1) is 20.1. The number of carbonyl (C=O) groups excluding carboxylic acids is 1. The standard InChI is InChI=1S/C19H14F4N4O2S/c1-9-2-4-11-15(6-9)30-19(24-11)25-18(28)14-5-3-10(29-14)8-27-13(17(22)23)7-12(26-27)16(20)21/h2-7,16-17H,8H2,1H3,(H,24,25,28). The summed E-state index contributed by atoms with van der Waals surface area (Å²) in [5.74, 6) is -0.522. The molecule has 0 spiro atoms. The van der Waals surface area contributed by atoms with E-state index in [1.807, 2.05) is 25.1 Å². The van der Waals surface area contributed by atoms with Gasteiger partial charge in [-0.05, 0) is 42.8 Å². The monoisotopic (exact) mass is 438 g/mol. The van der Waals surface area contributed by atoms with Crippen LogP contribution in [0.4, 0.5) is 22.7 Å². The van der Waals surface area contributed by atoms with Crippen molar-refractivity contribution >= 4 is 32.6 Å². The van der Waals surface area contributed by atoms with E-state index in [0.717, 1.165) is 20.5 Å². The van der Waals surface area contributed by atoms with Crippen LogP contribution in [0.2, 0.25) is 0 Å². The number of aromatic nitrogens is 3. The number of anilines is 1. The maximum absolute atomic E-state index is 13.1. The van der Waals surface area contributed by atoms with E-state index in [2.05, 4.69) is 15.4 Å². The van der Waals surface area contributed by atoms with E-state index in [-0.39, 0.29) is 18.1 Å². The number of fused-ring (bicyclic) bond motifs is 1. The Morgan fingerprint density at radius 3 is 2.70 bits per heavy atom. The number of carbonyl (C=O) groups is 1. The number of benzene rings is 1. The molecule has 0 aliphatic rings. The van der Waals surface area contributed by atoms with Gasteiger partial charge in [0, 0.05) is 0 Å². The predicted octanol–water partition coefficient (Wildman–Crippen LogP) is 5.57. The van der Waals surface area contributed by atoms with Crippen LogP contribution in [-0.4, -0.2) is 20.7 Å². The molecule has 0 aliphatic heterocycles. The normalized spacial score (nSPS) is 11.7. The van der Waals surface area contributed by atoms with E-state index < -0.39 is 30.1 Å². The van der Waals surface area contributed by atoms with Crippen LogP contribution >= 0.6 is 11.3 Å². The Morgan fingerprint density at radius 2 is 1.97 bits per heavy atom. The molecule has 0 atom stereocenters. The number of aryl methyl sites for hydroxylation is 1. The number of thiazole rings is 1. The molecule has 0 bridgehead atoms. The average Bonchev–Trinajstić information content (AvgIpc) is 3.39. The zero-order valence-electron chi connectivity index (χ0n) is 15.4. The van der Waals surface area contributed by atoms with Crippen LogP contribution in [0, 0.1) is 6.92 Å². The third-order valence-electron chi connectivity index (χ3n) is 4.23. The summed E-state index contributed by atoms with van der Waals surface area (Å²) in [6.45, 7) is 1.63. The molecule has 6 nitrogen and oxygen atoms in total. The first-order chi connectivity index (χ1) is 14.3. The molecule has 0 aliphatic carbocycles.